The van der Waals surface area contributed by atoms with Crippen molar-refractivity contribution in [3.05, 3.63) is 12.4 Å². The first-order valence-electron chi connectivity index (χ1n) is 6.12. The lowest BCUT2D eigenvalue weighted by Gasteiger charge is -2.19. The van der Waals surface area contributed by atoms with Crippen LogP contribution >= 0.6 is 0 Å². The van der Waals surface area contributed by atoms with Gasteiger partial charge in [-0.2, -0.15) is 0 Å². The van der Waals surface area contributed by atoms with Crippen molar-refractivity contribution in [1.29, 1.82) is 0 Å². The summed E-state index contributed by atoms with van der Waals surface area (Å²) in [5, 5.41) is 2.72. The number of aromatic amines is 1. The molecule has 1 rings (SSSR count). The quantitative estimate of drug-likeness (QED) is 0.676. The van der Waals surface area contributed by atoms with Crippen molar-refractivity contribution in [1.82, 2.24) is 9.97 Å². The summed E-state index contributed by atoms with van der Waals surface area (Å²) in [6.07, 6.45) is 5.67. The molecule has 1 unspecified atom stereocenters. The SMILES string of the molecule is CC(C)C(CCN)CCC(=O)Nc1ncc[nH]1. The van der Waals surface area contributed by atoms with Crippen LogP contribution in [0.1, 0.15) is 33.1 Å². The molecule has 0 saturated heterocycles. The monoisotopic (exact) mass is 238 g/mol. The number of hydrogen-bond acceptors (Lipinski definition) is 3. The van der Waals surface area contributed by atoms with Gasteiger partial charge in [0.25, 0.3) is 0 Å². The summed E-state index contributed by atoms with van der Waals surface area (Å²) >= 11 is 0. The van der Waals surface area contributed by atoms with Crippen LogP contribution in [0.25, 0.3) is 0 Å². The summed E-state index contributed by atoms with van der Waals surface area (Å²) in [4.78, 5) is 18.4. The van der Waals surface area contributed by atoms with E-state index in [1.165, 1.54) is 0 Å². The van der Waals surface area contributed by atoms with Gasteiger partial charge in [0, 0.05) is 18.8 Å². The Kier molecular flexibility index (Phi) is 5.69. The Morgan fingerprint density at radius 3 is 2.82 bits per heavy atom. The highest BCUT2D eigenvalue weighted by molar-refractivity contribution is 5.88. The fourth-order valence-electron chi connectivity index (χ4n) is 1.87. The Morgan fingerprint density at radius 1 is 1.53 bits per heavy atom. The molecular weight excluding hydrogens is 216 g/mol. The molecule has 0 saturated carbocycles. The van der Waals surface area contributed by atoms with E-state index in [2.05, 4.69) is 29.1 Å². The largest absolute Gasteiger partial charge is 0.331 e. The van der Waals surface area contributed by atoms with Gasteiger partial charge in [-0.15, -0.1) is 0 Å². The van der Waals surface area contributed by atoms with E-state index in [1.54, 1.807) is 12.4 Å². The molecule has 1 aromatic heterocycles. The molecule has 5 nitrogen and oxygen atoms in total. The van der Waals surface area contributed by atoms with Crippen LogP contribution in [0.3, 0.4) is 0 Å². The first-order chi connectivity index (χ1) is 8.13. The molecule has 17 heavy (non-hydrogen) atoms. The lowest BCUT2D eigenvalue weighted by molar-refractivity contribution is -0.116. The number of carbonyl (C=O) groups excluding carboxylic acids is 1. The summed E-state index contributed by atoms with van der Waals surface area (Å²) in [5.41, 5.74) is 5.57. The van der Waals surface area contributed by atoms with Gasteiger partial charge in [-0.3, -0.25) is 10.1 Å². The number of imidazole rings is 1. The van der Waals surface area contributed by atoms with Crippen LogP contribution < -0.4 is 11.1 Å². The topological polar surface area (TPSA) is 83.8 Å². The Morgan fingerprint density at radius 2 is 2.29 bits per heavy atom. The summed E-state index contributed by atoms with van der Waals surface area (Å²) in [7, 11) is 0. The zero-order valence-corrected chi connectivity index (χ0v) is 10.6. The number of amides is 1. The van der Waals surface area contributed by atoms with E-state index in [-0.39, 0.29) is 5.91 Å². The van der Waals surface area contributed by atoms with E-state index in [9.17, 15) is 4.79 Å². The minimum Gasteiger partial charge on any atom is -0.331 e. The molecular formula is C12H22N4O. The average molecular weight is 238 g/mol. The van der Waals surface area contributed by atoms with Gasteiger partial charge in [0.15, 0.2) is 0 Å². The molecule has 0 aliphatic rings. The predicted molar refractivity (Wildman–Crippen MR) is 68.5 cm³/mol. The maximum absolute atomic E-state index is 11.6. The summed E-state index contributed by atoms with van der Waals surface area (Å²) in [6, 6.07) is 0. The third-order valence-electron chi connectivity index (χ3n) is 2.98. The maximum atomic E-state index is 11.6. The van der Waals surface area contributed by atoms with Crippen LogP contribution in [-0.4, -0.2) is 22.4 Å². The second kappa shape index (κ2) is 7.06. The smallest absolute Gasteiger partial charge is 0.226 e. The van der Waals surface area contributed by atoms with Crippen LogP contribution in [0.2, 0.25) is 0 Å². The fraction of sp³-hybridized carbons (Fsp3) is 0.667. The van der Waals surface area contributed by atoms with E-state index in [0.717, 1.165) is 12.8 Å². The zero-order chi connectivity index (χ0) is 12.7. The van der Waals surface area contributed by atoms with Gasteiger partial charge < -0.3 is 10.7 Å². The van der Waals surface area contributed by atoms with Crippen molar-refractivity contribution in [3.63, 3.8) is 0 Å². The predicted octanol–water partition coefficient (Wildman–Crippen LogP) is 1.75. The van der Waals surface area contributed by atoms with Gasteiger partial charge in [-0.05, 0) is 31.2 Å². The number of rotatable bonds is 7. The normalized spacial score (nSPS) is 12.7. The van der Waals surface area contributed by atoms with Gasteiger partial charge in [0.05, 0.1) is 0 Å². The van der Waals surface area contributed by atoms with E-state index in [0.29, 0.717) is 30.7 Å². The number of anilines is 1. The Balaban J connectivity index is 2.31. The minimum absolute atomic E-state index is 0.00243. The molecule has 1 amide bonds. The van der Waals surface area contributed by atoms with Crippen LogP contribution in [0.15, 0.2) is 12.4 Å². The van der Waals surface area contributed by atoms with Crippen molar-refractivity contribution in [2.24, 2.45) is 17.6 Å². The number of carbonyl (C=O) groups is 1. The van der Waals surface area contributed by atoms with Crippen LogP contribution in [0, 0.1) is 11.8 Å². The van der Waals surface area contributed by atoms with Crippen LogP contribution in [0.5, 0.6) is 0 Å². The lowest BCUT2D eigenvalue weighted by atomic mass is 9.88. The van der Waals surface area contributed by atoms with Crippen LogP contribution in [-0.2, 0) is 4.79 Å². The molecule has 96 valence electrons. The van der Waals surface area contributed by atoms with Crippen molar-refractivity contribution in [2.75, 3.05) is 11.9 Å². The highest BCUT2D eigenvalue weighted by atomic mass is 16.1. The molecule has 1 atom stereocenters. The number of nitrogens with one attached hydrogen (secondary N) is 2. The van der Waals surface area contributed by atoms with Crippen molar-refractivity contribution < 1.29 is 4.79 Å². The van der Waals surface area contributed by atoms with Crippen molar-refractivity contribution in [3.8, 4) is 0 Å². The summed E-state index contributed by atoms with van der Waals surface area (Å²) in [5.74, 6) is 1.59. The molecule has 0 aliphatic carbocycles. The van der Waals surface area contributed by atoms with Crippen molar-refractivity contribution in [2.45, 2.75) is 33.1 Å². The molecule has 0 spiro atoms. The first-order valence-corrected chi connectivity index (χ1v) is 6.12. The Labute approximate surface area is 102 Å². The van der Waals surface area contributed by atoms with Gasteiger partial charge in [-0.1, -0.05) is 13.8 Å². The fourth-order valence-corrected chi connectivity index (χ4v) is 1.87. The minimum atomic E-state index is 0.00243. The molecule has 0 fully saturated rings. The standard InChI is InChI=1S/C12H22N4O/c1-9(2)10(5-6-13)3-4-11(17)16-12-14-7-8-15-12/h7-10H,3-6,13H2,1-2H3,(H2,14,15,16,17). The van der Waals surface area contributed by atoms with Gasteiger partial charge >= 0.3 is 0 Å². The second-order valence-corrected chi connectivity index (χ2v) is 4.61. The third kappa shape index (κ3) is 4.99. The molecule has 5 heteroatoms. The highest BCUT2D eigenvalue weighted by Gasteiger charge is 2.14. The number of nitrogens with zero attached hydrogens (tertiary/aromatic N) is 1. The Bertz CT molecular complexity index is 321. The second-order valence-electron chi connectivity index (χ2n) is 4.61. The van der Waals surface area contributed by atoms with Gasteiger partial charge in [-0.25, -0.2) is 4.98 Å². The molecule has 0 bridgehead atoms. The molecule has 0 aliphatic heterocycles. The lowest BCUT2D eigenvalue weighted by Crippen LogP contribution is -2.18. The average Bonchev–Trinajstić information content (AvgIpc) is 2.76. The maximum Gasteiger partial charge on any atom is 0.226 e. The highest BCUT2D eigenvalue weighted by Crippen LogP contribution is 2.20. The molecule has 1 aromatic rings. The molecule has 0 aromatic carbocycles. The van der Waals surface area contributed by atoms with E-state index >= 15 is 0 Å². The molecule has 4 N–H and O–H groups in total. The summed E-state index contributed by atoms with van der Waals surface area (Å²) in [6.45, 7) is 5.03. The van der Waals surface area contributed by atoms with E-state index in [4.69, 9.17) is 5.73 Å². The van der Waals surface area contributed by atoms with E-state index < -0.39 is 0 Å². The number of H-pyrrole nitrogens is 1. The number of aromatic nitrogens is 2. The first kappa shape index (κ1) is 13.7. The third-order valence-corrected chi connectivity index (χ3v) is 2.98. The molecule has 1 heterocycles. The van der Waals surface area contributed by atoms with E-state index in [1.807, 2.05) is 0 Å². The van der Waals surface area contributed by atoms with Crippen molar-refractivity contribution >= 4 is 11.9 Å². The summed E-state index contributed by atoms with van der Waals surface area (Å²) < 4.78 is 0. The Hall–Kier alpha value is -1.36. The van der Waals surface area contributed by atoms with Gasteiger partial charge in [0.2, 0.25) is 11.9 Å². The van der Waals surface area contributed by atoms with Crippen LogP contribution in [0.4, 0.5) is 5.95 Å². The number of hydrogen-bond donors (Lipinski definition) is 3. The zero-order valence-electron chi connectivity index (χ0n) is 10.6. The molecule has 0 radical (unpaired) electrons. The van der Waals surface area contributed by atoms with Gasteiger partial charge in [0.1, 0.15) is 0 Å². The number of nitrogens with two attached hydrogens (primary N) is 1.